The summed E-state index contributed by atoms with van der Waals surface area (Å²) in [6.45, 7) is 6.14. The lowest BCUT2D eigenvalue weighted by Gasteiger charge is -2.17. The third kappa shape index (κ3) is 2.96. The first-order valence-corrected chi connectivity index (χ1v) is 6.56. The van der Waals surface area contributed by atoms with Gasteiger partial charge in [0.15, 0.2) is 0 Å². The molecular weight excluding hydrogens is 252 g/mol. The Morgan fingerprint density at radius 3 is 2.45 bits per heavy atom. The summed E-state index contributed by atoms with van der Waals surface area (Å²) in [7, 11) is 0. The maximum Gasteiger partial charge on any atom is 0.292 e. The number of nitrogens with zero attached hydrogens (tertiary/aromatic N) is 1. The van der Waals surface area contributed by atoms with Crippen molar-refractivity contribution in [2.45, 2.75) is 26.8 Å². The summed E-state index contributed by atoms with van der Waals surface area (Å²) < 4.78 is 0. The average molecular weight is 270 g/mol. The first-order chi connectivity index (χ1) is 9.49. The van der Waals surface area contributed by atoms with Crippen LogP contribution in [0.3, 0.4) is 0 Å². The molecule has 0 saturated carbocycles. The van der Waals surface area contributed by atoms with Crippen LogP contribution in [0.5, 0.6) is 0 Å². The molecule has 0 aliphatic rings. The Morgan fingerprint density at radius 1 is 1.10 bits per heavy atom. The Bertz CT molecular complexity index is 638. The maximum absolute atomic E-state index is 11.0. The van der Waals surface area contributed by atoms with Crippen LogP contribution >= 0.6 is 0 Å². The van der Waals surface area contributed by atoms with Gasteiger partial charge in [0.25, 0.3) is 5.69 Å². The summed E-state index contributed by atoms with van der Waals surface area (Å²) in [6, 6.07) is 13.0. The maximum atomic E-state index is 11.0. The molecule has 0 radical (unpaired) electrons. The summed E-state index contributed by atoms with van der Waals surface area (Å²) in [5.74, 6) is 0. The first kappa shape index (κ1) is 14.1. The molecule has 104 valence electrons. The van der Waals surface area contributed by atoms with Crippen molar-refractivity contribution in [1.82, 2.24) is 0 Å². The van der Waals surface area contributed by atoms with Crippen LogP contribution in [0.25, 0.3) is 0 Å². The SMILES string of the molecule is Cc1ccc(C(C)Nc2ccccc2[N+](=O)[O-])cc1C. The normalized spacial score (nSPS) is 11.9. The first-order valence-electron chi connectivity index (χ1n) is 6.56. The minimum atomic E-state index is -0.366. The second-order valence-electron chi connectivity index (χ2n) is 4.98. The lowest BCUT2D eigenvalue weighted by Crippen LogP contribution is -2.08. The molecule has 0 aliphatic heterocycles. The minimum Gasteiger partial charge on any atom is -0.373 e. The van der Waals surface area contributed by atoms with E-state index in [1.54, 1.807) is 18.2 Å². The lowest BCUT2D eigenvalue weighted by molar-refractivity contribution is -0.384. The van der Waals surface area contributed by atoms with Crippen molar-refractivity contribution in [3.8, 4) is 0 Å². The number of nitrogens with one attached hydrogen (secondary N) is 1. The van der Waals surface area contributed by atoms with Crippen molar-refractivity contribution in [2.24, 2.45) is 0 Å². The molecule has 0 fully saturated rings. The van der Waals surface area contributed by atoms with Gasteiger partial charge >= 0.3 is 0 Å². The average Bonchev–Trinajstić information content (AvgIpc) is 2.42. The van der Waals surface area contributed by atoms with E-state index in [0.29, 0.717) is 5.69 Å². The summed E-state index contributed by atoms with van der Waals surface area (Å²) in [6.07, 6.45) is 0. The molecule has 1 N–H and O–H groups in total. The molecule has 4 heteroatoms. The molecule has 20 heavy (non-hydrogen) atoms. The minimum absolute atomic E-state index is 0.00963. The van der Waals surface area contributed by atoms with E-state index >= 15 is 0 Å². The highest BCUT2D eigenvalue weighted by Gasteiger charge is 2.15. The predicted octanol–water partition coefficient (Wildman–Crippen LogP) is 4.38. The molecule has 2 rings (SSSR count). The van der Waals surface area contributed by atoms with Crippen LogP contribution in [0.1, 0.15) is 29.7 Å². The number of benzene rings is 2. The molecule has 0 aromatic heterocycles. The molecule has 0 bridgehead atoms. The van der Waals surface area contributed by atoms with E-state index in [4.69, 9.17) is 0 Å². The smallest absolute Gasteiger partial charge is 0.292 e. The largest absolute Gasteiger partial charge is 0.373 e. The number of aryl methyl sites for hydroxylation is 2. The van der Waals surface area contributed by atoms with E-state index in [-0.39, 0.29) is 16.7 Å². The Labute approximate surface area is 118 Å². The standard InChI is InChI=1S/C16H18N2O2/c1-11-8-9-14(10-12(11)2)13(3)17-15-6-4-5-7-16(15)18(19)20/h4-10,13,17H,1-3H3. The van der Waals surface area contributed by atoms with E-state index < -0.39 is 0 Å². The Kier molecular flexibility index (Phi) is 4.03. The molecule has 0 aliphatic carbocycles. The van der Waals surface area contributed by atoms with Gasteiger partial charge in [-0.15, -0.1) is 0 Å². The summed E-state index contributed by atoms with van der Waals surface area (Å²) in [4.78, 5) is 10.6. The number of rotatable bonds is 4. The summed E-state index contributed by atoms with van der Waals surface area (Å²) in [5, 5.41) is 14.2. The number of anilines is 1. The Hall–Kier alpha value is -2.36. The van der Waals surface area contributed by atoms with Gasteiger partial charge in [0.1, 0.15) is 5.69 Å². The second kappa shape index (κ2) is 5.74. The van der Waals surface area contributed by atoms with Gasteiger partial charge in [-0.3, -0.25) is 10.1 Å². The molecule has 1 unspecified atom stereocenters. The molecule has 0 spiro atoms. The summed E-state index contributed by atoms with van der Waals surface area (Å²) >= 11 is 0. The van der Waals surface area contributed by atoms with Crippen molar-refractivity contribution in [1.29, 1.82) is 0 Å². The van der Waals surface area contributed by atoms with Crippen LogP contribution in [0.15, 0.2) is 42.5 Å². The summed E-state index contributed by atoms with van der Waals surface area (Å²) in [5.41, 5.74) is 4.23. The van der Waals surface area contributed by atoms with Gasteiger partial charge in [0.2, 0.25) is 0 Å². The topological polar surface area (TPSA) is 55.2 Å². The molecule has 1 atom stereocenters. The van der Waals surface area contributed by atoms with Gasteiger partial charge in [-0.25, -0.2) is 0 Å². The van der Waals surface area contributed by atoms with Crippen LogP contribution in [0.2, 0.25) is 0 Å². The van der Waals surface area contributed by atoms with E-state index in [2.05, 4.69) is 37.4 Å². The monoisotopic (exact) mass is 270 g/mol. The Morgan fingerprint density at radius 2 is 1.80 bits per heavy atom. The van der Waals surface area contributed by atoms with Crippen LogP contribution in [0, 0.1) is 24.0 Å². The highest BCUT2D eigenvalue weighted by Crippen LogP contribution is 2.28. The molecular formula is C16H18N2O2. The number of hydrogen-bond donors (Lipinski definition) is 1. The van der Waals surface area contributed by atoms with Crippen molar-refractivity contribution >= 4 is 11.4 Å². The van der Waals surface area contributed by atoms with Crippen molar-refractivity contribution in [2.75, 3.05) is 5.32 Å². The van der Waals surface area contributed by atoms with E-state index in [0.717, 1.165) is 5.56 Å². The van der Waals surface area contributed by atoms with Gasteiger partial charge in [-0.05, 0) is 43.5 Å². The van der Waals surface area contributed by atoms with E-state index in [1.165, 1.54) is 17.2 Å². The number of nitro benzene ring substituents is 1. The molecule has 0 saturated heterocycles. The molecule has 0 heterocycles. The van der Waals surface area contributed by atoms with Crippen molar-refractivity contribution in [3.05, 3.63) is 69.3 Å². The fourth-order valence-electron chi connectivity index (χ4n) is 2.11. The van der Waals surface area contributed by atoms with Gasteiger partial charge in [0, 0.05) is 12.1 Å². The van der Waals surface area contributed by atoms with Crippen molar-refractivity contribution in [3.63, 3.8) is 0 Å². The highest BCUT2D eigenvalue weighted by molar-refractivity contribution is 5.62. The van der Waals surface area contributed by atoms with Crippen LogP contribution < -0.4 is 5.32 Å². The van der Waals surface area contributed by atoms with Crippen LogP contribution in [-0.2, 0) is 0 Å². The molecule has 2 aromatic rings. The van der Waals surface area contributed by atoms with Gasteiger partial charge in [-0.1, -0.05) is 30.3 Å². The lowest BCUT2D eigenvalue weighted by atomic mass is 10.0. The molecule has 0 amide bonds. The fourth-order valence-corrected chi connectivity index (χ4v) is 2.11. The van der Waals surface area contributed by atoms with E-state index in [1.807, 2.05) is 6.92 Å². The van der Waals surface area contributed by atoms with Gasteiger partial charge in [-0.2, -0.15) is 0 Å². The third-order valence-electron chi connectivity index (χ3n) is 3.50. The zero-order chi connectivity index (χ0) is 14.7. The number of hydrogen-bond acceptors (Lipinski definition) is 3. The fraction of sp³-hybridized carbons (Fsp3) is 0.250. The van der Waals surface area contributed by atoms with Crippen LogP contribution in [-0.4, -0.2) is 4.92 Å². The van der Waals surface area contributed by atoms with Crippen molar-refractivity contribution < 1.29 is 4.92 Å². The second-order valence-corrected chi connectivity index (χ2v) is 4.98. The van der Waals surface area contributed by atoms with Gasteiger partial charge < -0.3 is 5.32 Å². The highest BCUT2D eigenvalue weighted by atomic mass is 16.6. The zero-order valence-electron chi connectivity index (χ0n) is 11.9. The third-order valence-corrected chi connectivity index (χ3v) is 3.50. The van der Waals surface area contributed by atoms with E-state index in [9.17, 15) is 10.1 Å². The molecule has 2 aromatic carbocycles. The number of para-hydroxylation sites is 2. The molecule has 4 nitrogen and oxygen atoms in total. The van der Waals surface area contributed by atoms with Gasteiger partial charge in [0.05, 0.1) is 4.92 Å². The Balaban J connectivity index is 2.25. The zero-order valence-corrected chi connectivity index (χ0v) is 11.9. The number of nitro groups is 1. The van der Waals surface area contributed by atoms with Crippen LogP contribution in [0.4, 0.5) is 11.4 Å². The quantitative estimate of drug-likeness (QED) is 0.662. The predicted molar refractivity (Wildman–Crippen MR) is 81.1 cm³/mol.